The van der Waals surface area contributed by atoms with Crippen molar-refractivity contribution < 1.29 is 75.2 Å². The lowest BCUT2D eigenvalue weighted by Crippen LogP contribution is -2.24. The van der Waals surface area contributed by atoms with Gasteiger partial charge in [-0.1, -0.05) is 30.3 Å². The molecule has 1 unspecified atom stereocenters. The van der Waals surface area contributed by atoms with E-state index in [0.717, 1.165) is 43.4 Å². The number of halogens is 5. The Labute approximate surface area is 636 Å². The van der Waals surface area contributed by atoms with Crippen LogP contribution in [0, 0.1) is 23.3 Å². The summed E-state index contributed by atoms with van der Waals surface area (Å²) in [5.74, 6) is -4.49. The van der Waals surface area contributed by atoms with Gasteiger partial charge < -0.3 is 47.0 Å². The number of aliphatic hydroxyl groups is 1. The molecule has 3 atom stereocenters. The number of nitrogens with zero attached hydrogens (tertiary/aromatic N) is 8. The molecule has 29 heteroatoms. The van der Waals surface area contributed by atoms with Crippen LogP contribution in [-0.2, 0) is 33.3 Å². The van der Waals surface area contributed by atoms with Crippen molar-refractivity contribution in [1.82, 2.24) is 39.9 Å². The minimum atomic E-state index is -0.742. The third kappa shape index (κ3) is 24.0. The Hall–Kier alpha value is -11.1. The SMILES string of the molecule is CC(C)(C)OC(=O)c1ccc(-c2nc(Br)cnc2N)cc1F.CC(C)(C)OC(=O)c1ccc(-c2nc(C3=CC(=O)CC3)cnc2N)cc1F.CC(C)(C)OC(=O)c1ccc(-c2nc(C3CCC(=O)C3)cnc2N)cc1F.CC(C)(C)OC(=O)c1ccc(-c2nc([C@@H]3CC[C@H](O)C3)cnc2N)cc1F.O=C1C=CCC1. The molecule has 0 radical (unpaired) electrons. The molecule has 0 saturated heterocycles. The second kappa shape index (κ2) is 35.3. The molecule has 109 heavy (non-hydrogen) atoms. The molecule has 0 bridgehead atoms. The summed E-state index contributed by atoms with van der Waals surface area (Å²) >= 11 is 3.19. The number of nitrogens with two attached hydrogens (primary N) is 4. The largest absolute Gasteiger partial charge is 0.456 e. The predicted octanol–water partition coefficient (Wildman–Crippen LogP) is 15.2. The third-order valence-corrected chi connectivity index (χ3v) is 16.7. The van der Waals surface area contributed by atoms with E-state index < -0.39 is 69.6 Å². The van der Waals surface area contributed by atoms with Gasteiger partial charge in [-0.3, -0.25) is 14.4 Å². The van der Waals surface area contributed by atoms with Crippen LogP contribution in [-0.4, -0.2) is 115 Å². The Kier molecular flexibility index (Phi) is 27.1. The smallest absolute Gasteiger partial charge is 0.341 e. The van der Waals surface area contributed by atoms with Crippen LogP contribution in [0.25, 0.3) is 50.6 Å². The first kappa shape index (κ1) is 83.6. The highest BCUT2D eigenvalue weighted by Gasteiger charge is 2.31. The molecule has 2 saturated carbocycles. The molecule has 4 aromatic heterocycles. The Bertz CT molecular complexity index is 4860. The molecule has 0 amide bonds. The van der Waals surface area contributed by atoms with E-state index in [0.29, 0.717) is 93.1 Å². The molecular weight excluding hydrogens is 1480 g/mol. The van der Waals surface area contributed by atoms with E-state index in [1.165, 1.54) is 67.0 Å². The lowest BCUT2D eigenvalue weighted by atomic mass is 10.0. The number of ether oxygens (including phenoxy) is 4. The van der Waals surface area contributed by atoms with Gasteiger partial charge in [0, 0.05) is 59.8 Å². The number of nitrogen functional groups attached to an aromatic ring is 4. The maximum atomic E-state index is 14.5. The molecule has 12 rings (SSSR count). The number of ketones is 3. The molecular formula is C80H87BrF4N12O12. The molecule has 4 aliphatic carbocycles. The first-order valence-corrected chi connectivity index (χ1v) is 35.7. The van der Waals surface area contributed by atoms with E-state index in [2.05, 4.69) is 55.8 Å². The minimum absolute atomic E-state index is 0.00948. The zero-order valence-corrected chi connectivity index (χ0v) is 64.1. The summed E-state index contributed by atoms with van der Waals surface area (Å²) in [6, 6.07) is 16.4. The van der Waals surface area contributed by atoms with Crippen LogP contribution in [0.5, 0.6) is 0 Å². The van der Waals surface area contributed by atoms with E-state index in [1.807, 2.05) is 6.08 Å². The Balaban J connectivity index is 0.000000178. The topological polar surface area (TPSA) is 384 Å². The van der Waals surface area contributed by atoms with Crippen molar-refractivity contribution in [1.29, 1.82) is 0 Å². The van der Waals surface area contributed by atoms with Gasteiger partial charge in [0.05, 0.1) is 70.2 Å². The van der Waals surface area contributed by atoms with Crippen LogP contribution in [0.1, 0.15) is 218 Å². The molecule has 0 aliphatic heterocycles. The van der Waals surface area contributed by atoms with E-state index in [1.54, 1.807) is 126 Å². The fraction of sp³-hybridized carbons (Fsp3) is 0.362. The lowest BCUT2D eigenvalue weighted by molar-refractivity contribution is -0.117. The monoisotopic (exact) mass is 1560 g/mol. The summed E-state index contributed by atoms with van der Waals surface area (Å²) in [7, 11) is 0. The van der Waals surface area contributed by atoms with Crippen molar-refractivity contribution in [3.05, 3.63) is 183 Å². The standard InChI is InChI=1S/C20H24FN3O3.C20H22FN3O3.C20H20FN3O3.C15H15BrFN3O2.C5H6O/c3*1-20(2,3)27-19(26)14-7-5-12(9-15(14)21)17-18(22)23-10-16(24-17)11-4-6-13(25)8-11;1-15(2,3)22-14(21)9-5-4-8(6-10(9)17)12-13(18)19-7-11(16)20-12;6-5-3-1-2-4-5/h5,7,9-11,13,25H,4,6,8H2,1-3H3,(H2,22,23);5,7,9-11H,4,6,8H2,1-3H3,(H2,22,23);5,7-10H,4,6H2,1-3H3,(H2,22,23);4-7H,1-3H3,(H2,18,19);1,3H,2,4H2/t11-,13+;;;;/m1..../s1. The molecule has 24 nitrogen and oxygen atoms in total. The normalized spacial score (nSPS) is 16.1. The lowest BCUT2D eigenvalue weighted by Gasteiger charge is -2.19. The summed E-state index contributed by atoms with van der Waals surface area (Å²) in [6.45, 7) is 20.6. The molecule has 4 aliphatic rings. The number of aromatic nitrogens is 8. The van der Waals surface area contributed by atoms with Crippen LogP contribution in [0.3, 0.4) is 0 Å². The summed E-state index contributed by atoms with van der Waals surface area (Å²) in [5.41, 5.74) is 25.8. The maximum Gasteiger partial charge on any atom is 0.341 e. The average molecular weight is 1560 g/mol. The number of carbonyl (C=O) groups excluding carboxylic acids is 7. The molecule has 2 fully saturated rings. The van der Waals surface area contributed by atoms with Crippen molar-refractivity contribution >= 4 is 86.0 Å². The zero-order chi connectivity index (χ0) is 80.2. The third-order valence-electron chi connectivity index (χ3n) is 16.3. The first-order valence-electron chi connectivity index (χ1n) is 34.9. The van der Waals surface area contributed by atoms with Gasteiger partial charge in [-0.15, -0.1) is 0 Å². The number of carbonyl (C=O) groups is 7. The van der Waals surface area contributed by atoms with Gasteiger partial charge in [0.2, 0.25) is 0 Å². The van der Waals surface area contributed by atoms with Crippen molar-refractivity contribution in [2.24, 2.45) is 0 Å². The number of esters is 4. The zero-order valence-electron chi connectivity index (χ0n) is 62.5. The predicted molar refractivity (Wildman–Crippen MR) is 406 cm³/mol. The van der Waals surface area contributed by atoms with Gasteiger partial charge in [0.1, 0.15) is 102 Å². The number of benzene rings is 4. The van der Waals surface area contributed by atoms with E-state index in [9.17, 15) is 56.2 Å². The van der Waals surface area contributed by atoms with Gasteiger partial charge in [0.15, 0.2) is 11.6 Å². The molecule has 8 aromatic rings. The fourth-order valence-electron chi connectivity index (χ4n) is 11.3. The van der Waals surface area contributed by atoms with Crippen molar-refractivity contribution in [2.45, 2.75) is 188 Å². The first-order chi connectivity index (χ1) is 51.0. The Morgan fingerprint density at radius 1 is 0.459 bits per heavy atom. The second-order valence-corrected chi connectivity index (χ2v) is 30.8. The van der Waals surface area contributed by atoms with Gasteiger partial charge in [-0.25, -0.2) is 76.6 Å². The van der Waals surface area contributed by atoms with Gasteiger partial charge in [-0.2, -0.15) is 0 Å². The van der Waals surface area contributed by atoms with Gasteiger partial charge in [-0.05, 0) is 204 Å². The van der Waals surface area contributed by atoms with Crippen LogP contribution in [0.2, 0.25) is 0 Å². The Morgan fingerprint density at radius 2 is 0.835 bits per heavy atom. The van der Waals surface area contributed by atoms with Gasteiger partial charge >= 0.3 is 23.9 Å². The summed E-state index contributed by atoms with van der Waals surface area (Å²) < 4.78 is 79.0. The fourth-order valence-corrected chi connectivity index (χ4v) is 11.5. The summed E-state index contributed by atoms with van der Waals surface area (Å²) in [6.07, 6.45) is 17.5. The average Bonchev–Trinajstić information content (AvgIpc) is 1.70. The van der Waals surface area contributed by atoms with Crippen molar-refractivity contribution in [3.63, 3.8) is 0 Å². The number of rotatable bonds is 11. The molecule has 0 spiro atoms. The van der Waals surface area contributed by atoms with E-state index in [4.69, 9.17) is 41.9 Å². The highest BCUT2D eigenvalue weighted by Crippen LogP contribution is 2.38. The quantitative estimate of drug-likeness (QED) is 0.0456. The summed E-state index contributed by atoms with van der Waals surface area (Å²) in [4.78, 5) is 115. The number of allylic oxidation sites excluding steroid dienone is 4. The number of Topliss-reactive ketones (excluding diaryl/α,β-unsaturated/α-hetero) is 1. The number of hydrogen-bond acceptors (Lipinski definition) is 24. The highest BCUT2D eigenvalue weighted by atomic mass is 79.9. The number of hydrogen-bond donors (Lipinski definition) is 5. The van der Waals surface area contributed by atoms with E-state index >= 15 is 0 Å². The van der Waals surface area contributed by atoms with Crippen molar-refractivity contribution in [3.8, 4) is 45.0 Å². The second-order valence-electron chi connectivity index (χ2n) is 29.9. The molecule has 9 N–H and O–H groups in total. The Morgan fingerprint density at radius 3 is 1.15 bits per heavy atom. The van der Waals surface area contributed by atoms with Crippen LogP contribution < -0.4 is 22.9 Å². The number of anilines is 4. The highest BCUT2D eigenvalue weighted by molar-refractivity contribution is 9.10. The molecule has 4 heterocycles. The molecule has 4 aromatic carbocycles. The van der Waals surface area contributed by atoms with Crippen LogP contribution in [0.15, 0.2) is 120 Å². The van der Waals surface area contributed by atoms with E-state index in [-0.39, 0.29) is 80.8 Å². The van der Waals surface area contributed by atoms with Crippen LogP contribution >= 0.6 is 15.9 Å². The molecule has 574 valence electrons. The maximum absolute atomic E-state index is 14.5. The number of aliphatic hydroxyl groups excluding tert-OH is 1. The summed E-state index contributed by atoms with van der Waals surface area (Å²) in [5, 5.41) is 9.74. The van der Waals surface area contributed by atoms with Crippen LogP contribution in [0.4, 0.5) is 40.8 Å². The van der Waals surface area contributed by atoms with Gasteiger partial charge in [0.25, 0.3) is 0 Å². The van der Waals surface area contributed by atoms with Crippen molar-refractivity contribution in [2.75, 3.05) is 22.9 Å². The minimum Gasteiger partial charge on any atom is -0.456 e.